The Hall–Kier alpha value is -2.15. The number of furan rings is 1. The molecule has 1 aliphatic rings. The van der Waals surface area contributed by atoms with Gasteiger partial charge >= 0.3 is 0 Å². The van der Waals surface area contributed by atoms with Crippen molar-refractivity contribution >= 4 is 28.3 Å². The molecular weight excluding hydrogens is 314 g/mol. The molecule has 0 unspecified atom stereocenters. The van der Waals surface area contributed by atoms with E-state index >= 15 is 0 Å². The van der Waals surface area contributed by atoms with Gasteiger partial charge in [0.2, 0.25) is 5.91 Å². The summed E-state index contributed by atoms with van der Waals surface area (Å²) in [6.07, 6.45) is 1.17. The number of anilines is 1. The first-order valence-corrected chi connectivity index (χ1v) is 8.39. The Morgan fingerprint density at radius 3 is 2.87 bits per heavy atom. The molecule has 2 atom stereocenters. The fraction of sp³-hybridized carbons (Fsp3) is 0.438. The monoisotopic (exact) mass is 333 g/mol. The average Bonchev–Trinajstić information content (AvgIpc) is 2.91. The maximum atomic E-state index is 12.4. The minimum Gasteiger partial charge on any atom is -0.464 e. The summed E-state index contributed by atoms with van der Waals surface area (Å²) in [4.78, 5) is 29.1. The number of carbonyl (C=O) groups is 2. The third kappa shape index (κ3) is 3.61. The van der Waals surface area contributed by atoms with E-state index < -0.39 is 0 Å². The molecule has 1 fully saturated rings. The maximum Gasteiger partial charge on any atom is 0.273 e. The Balaban J connectivity index is 1.61. The van der Waals surface area contributed by atoms with E-state index in [0.717, 1.165) is 11.5 Å². The van der Waals surface area contributed by atoms with Crippen LogP contribution in [0.2, 0.25) is 0 Å². The second-order valence-electron chi connectivity index (χ2n) is 6.00. The second-order valence-corrected chi connectivity index (χ2v) is 6.86. The summed E-state index contributed by atoms with van der Waals surface area (Å²) in [5.41, 5.74) is 0.323. The van der Waals surface area contributed by atoms with Crippen molar-refractivity contribution in [3.63, 3.8) is 0 Å². The van der Waals surface area contributed by atoms with Crippen molar-refractivity contribution in [3.8, 4) is 0 Å². The first kappa shape index (κ1) is 15.7. The first-order chi connectivity index (χ1) is 10.9. The average molecular weight is 333 g/mol. The zero-order chi connectivity index (χ0) is 16.6. The molecule has 0 spiro atoms. The van der Waals surface area contributed by atoms with Gasteiger partial charge in [0.15, 0.2) is 5.13 Å². The summed E-state index contributed by atoms with van der Waals surface area (Å²) in [5, 5.41) is 4.65. The molecule has 0 saturated heterocycles. The number of aromatic nitrogens is 1. The fourth-order valence-electron chi connectivity index (χ4n) is 2.48. The third-order valence-electron chi connectivity index (χ3n) is 3.90. The van der Waals surface area contributed by atoms with Crippen LogP contribution in [0.1, 0.15) is 48.2 Å². The highest BCUT2D eigenvalue weighted by Gasteiger charge is 2.36. The van der Waals surface area contributed by atoms with Crippen LogP contribution in [0.15, 0.2) is 21.9 Å². The van der Waals surface area contributed by atoms with E-state index in [0.29, 0.717) is 29.2 Å². The van der Waals surface area contributed by atoms with E-state index in [1.165, 1.54) is 24.7 Å². The Morgan fingerprint density at radius 1 is 1.48 bits per heavy atom. The van der Waals surface area contributed by atoms with Gasteiger partial charge in [-0.25, -0.2) is 4.98 Å². The van der Waals surface area contributed by atoms with Crippen LogP contribution in [-0.2, 0) is 11.3 Å². The molecule has 1 N–H and O–H groups in total. The molecule has 2 aromatic rings. The predicted molar refractivity (Wildman–Crippen MR) is 87.4 cm³/mol. The molecule has 2 heterocycles. The van der Waals surface area contributed by atoms with Crippen molar-refractivity contribution in [2.45, 2.75) is 32.7 Å². The Bertz CT molecular complexity index is 737. The number of amides is 2. The standard InChI is InChI=1S/C16H19N3O3S/c1-9-6-12(9)14-5-4-11(22-14)7-19(3)15(21)13-8-23-16(18-13)17-10(2)20/h4-5,8-9,12H,6-7H2,1-3H3,(H,17,18,20)/t9-,12-/m0/s1. The van der Waals surface area contributed by atoms with Crippen molar-refractivity contribution in [1.82, 2.24) is 9.88 Å². The van der Waals surface area contributed by atoms with Crippen LogP contribution in [-0.4, -0.2) is 28.7 Å². The fourth-order valence-corrected chi connectivity index (χ4v) is 3.21. The number of nitrogens with one attached hydrogen (secondary N) is 1. The van der Waals surface area contributed by atoms with Crippen LogP contribution >= 0.6 is 11.3 Å². The SMILES string of the molecule is CC(=O)Nc1nc(C(=O)N(C)Cc2ccc([C@H]3C[C@@H]3C)o2)cs1. The summed E-state index contributed by atoms with van der Waals surface area (Å²) < 4.78 is 5.82. The van der Waals surface area contributed by atoms with Gasteiger partial charge in [0.05, 0.1) is 6.54 Å². The minimum atomic E-state index is -0.205. The molecule has 1 saturated carbocycles. The van der Waals surface area contributed by atoms with E-state index in [2.05, 4.69) is 17.2 Å². The van der Waals surface area contributed by atoms with Crippen LogP contribution in [0.4, 0.5) is 5.13 Å². The van der Waals surface area contributed by atoms with Gasteiger partial charge in [0.25, 0.3) is 5.91 Å². The van der Waals surface area contributed by atoms with Gasteiger partial charge in [0, 0.05) is 25.3 Å². The molecule has 2 amide bonds. The van der Waals surface area contributed by atoms with Crippen molar-refractivity contribution in [3.05, 3.63) is 34.7 Å². The third-order valence-corrected chi connectivity index (χ3v) is 4.66. The van der Waals surface area contributed by atoms with Gasteiger partial charge in [-0.05, 0) is 24.5 Å². The van der Waals surface area contributed by atoms with Crippen molar-refractivity contribution < 1.29 is 14.0 Å². The van der Waals surface area contributed by atoms with E-state index in [1.54, 1.807) is 17.3 Å². The van der Waals surface area contributed by atoms with E-state index in [1.807, 2.05) is 12.1 Å². The van der Waals surface area contributed by atoms with Crippen LogP contribution in [0.3, 0.4) is 0 Å². The molecule has 0 bridgehead atoms. The van der Waals surface area contributed by atoms with E-state index in [-0.39, 0.29) is 11.8 Å². The lowest BCUT2D eigenvalue weighted by Crippen LogP contribution is -2.26. The predicted octanol–water partition coefficient (Wildman–Crippen LogP) is 3.09. The Labute approximate surface area is 138 Å². The summed E-state index contributed by atoms with van der Waals surface area (Å²) >= 11 is 1.23. The molecule has 23 heavy (non-hydrogen) atoms. The lowest BCUT2D eigenvalue weighted by Gasteiger charge is -2.14. The van der Waals surface area contributed by atoms with Gasteiger partial charge in [-0.15, -0.1) is 11.3 Å². The lowest BCUT2D eigenvalue weighted by molar-refractivity contribution is -0.114. The highest BCUT2D eigenvalue weighted by Crippen LogP contribution is 2.47. The smallest absolute Gasteiger partial charge is 0.273 e. The molecule has 122 valence electrons. The molecular formula is C16H19N3O3S. The van der Waals surface area contributed by atoms with Crippen molar-refractivity contribution in [2.75, 3.05) is 12.4 Å². The molecule has 3 rings (SSSR count). The van der Waals surface area contributed by atoms with Gasteiger partial charge in [-0.3, -0.25) is 9.59 Å². The van der Waals surface area contributed by atoms with Crippen LogP contribution in [0, 0.1) is 5.92 Å². The highest BCUT2D eigenvalue weighted by atomic mass is 32.1. The molecule has 0 radical (unpaired) electrons. The normalized spacial score (nSPS) is 19.4. The Kier molecular flexibility index (Phi) is 4.21. The number of nitrogens with zero attached hydrogens (tertiary/aromatic N) is 2. The largest absolute Gasteiger partial charge is 0.464 e. The topological polar surface area (TPSA) is 75.4 Å². The van der Waals surface area contributed by atoms with Gasteiger partial charge in [-0.1, -0.05) is 6.92 Å². The molecule has 2 aromatic heterocycles. The summed E-state index contributed by atoms with van der Waals surface area (Å²) in [7, 11) is 1.71. The zero-order valence-electron chi connectivity index (χ0n) is 13.3. The van der Waals surface area contributed by atoms with Crippen molar-refractivity contribution in [1.29, 1.82) is 0 Å². The summed E-state index contributed by atoms with van der Waals surface area (Å²) in [6, 6.07) is 3.92. The number of hydrogen-bond acceptors (Lipinski definition) is 5. The lowest BCUT2D eigenvalue weighted by atomic mass is 10.3. The molecule has 0 aromatic carbocycles. The zero-order valence-corrected chi connectivity index (χ0v) is 14.1. The number of rotatable bonds is 5. The van der Waals surface area contributed by atoms with E-state index in [9.17, 15) is 9.59 Å². The number of hydrogen-bond donors (Lipinski definition) is 1. The van der Waals surface area contributed by atoms with Gasteiger partial charge in [0.1, 0.15) is 17.2 Å². The first-order valence-electron chi connectivity index (χ1n) is 7.51. The minimum absolute atomic E-state index is 0.199. The molecule has 7 heteroatoms. The highest BCUT2D eigenvalue weighted by molar-refractivity contribution is 7.14. The van der Waals surface area contributed by atoms with E-state index in [4.69, 9.17) is 4.42 Å². The van der Waals surface area contributed by atoms with Gasteiger partial charge < -0.3 is 14.6 Å². The summed E-state index contributed by atoms with van der Waals surface area (Å²) in [6.45, 7) is 4.01. The Morgan fingerprint density at radius 2 is 2.22 bits per heavy atom. The van der Waals surface area contributed by atoms with Crippen LogP contribution < -0.4 is 5.32 Å². The number of thiazole rings is 1. The summed E-state index contributed by atoms with van der Waals surface area (Å²) in [5.74, 6) is 2.60. The van der Waals surface area contributed by atoms with Crippen LogP contribution in [0.5, 0.6) is 0 Å². The van der Waals surface area contributed by atoms with Crippen molar-refractivity contribution in [2.24, 2.45) is 5.92 Å². The molecule has 0 aliphatic heterocycles. The number of carbonyl (C=O) groups excluding carboxylic acids is 2. The molecule has 1 aliphatic carbocycles. The second kappa shape index (κ2) is 6.16. The maximum absolute atomic E-state index is 12.4. The van der Waals surface area contributed by atoms with Crippen LogP contribution in [0.25, 0.3) is 0 Å². The quantitative estimate of drug-likeness (QED) is 0.912. The molecule has 6 nitrogen and oxygen atoms in total. The van der Waals surface area contributed by atoms with Gasteiger partial charge in [-0.2, -0.15) is 0 Å².